The van der Waals surface area contributed by atoms with Gasteiger partial charge < -0.3 is 5.73 Å². The van der Waals surface area contributed by atoms with E-state index in [1.54, 1.807) is 25.1 Å². The molecule has 0 aliphatic heterocycles. The summed E-state index contributed by atoms with van der Waals surface area (Å²) in [5.41, 5.74) is 5.97. The SMILES string of the molecule is CC(N)(C(=O)Cc1ccc(Cl)cc1F)c1ccccc1. The molecule has 0 amide bonds. The van der Waals surface area contributed by atoms with Crippen molar-refractivity contribution in [2.45, 2.75) is 18.9 Å². The summed E-state index contributed by atoms with van der Waals surface area (Å²) in [6, 6.07) is 13.3. The van der Waals surface area contributed by atoms with Crippen LogP contribution in [-0.4, -0.2) is 5.78 Å². The third-order valence-corrected chi connectivity index (χ3v) is 3.55. The number of carbonyl (C=O) groups excluding carboxylic acids is 1. The highest BCUT2D eigenvalue weighted by Gasteiger charge is 2.30. The molecule has 1 unspecified atom stereocenters. The van der Waals surface area contributed by atoms with Crippen LogP contribution in [0.25, 0.3) is 0 Å². The lowest BCUT2D eigenvalue weighted by Crippen LogP contribution is -2.42. The third-order valence-electron chi connectivity index (χ3n) is 3.32. The van der Waals surface area contributed by atoms with Crippen LogP contribution in [0.4, 0.5) is 4.39 Å². The maximum atomic E-state index is 13.7. The molecule has 0 radical (unpaired) electrons. The second kappa shape index (κ2) is 5.73. The first-order valence-electron chi connectivity index (χ1n) is 6.23. The Bertz CT molecular complexity index is 626. The maximum Gasteiger partial charge on any atom is 0.161 e. The van der Waals surface area contributed by atoms with Gasteiger partial charge >= 0.3 is 0 Å². The lowest BCUT2D eigenvalue weighted by atomic mass is 9.86. The van der Waals surface area contributed by atoms with E-state index >= 15 is 0 Å². The van der Waals surface area contributed by atoms with E-state index in [1.165, 1.54) is 12.1 Å². The lowest BCUT2D eigenvalue weighted by Gasteiger charge is -2.23. The minimum Gasteiger partial charge on any atom is -0.315 e. The molecule has 2 nitrogen and oxygen atoms in total. The molecule has 0 aliphatic carbocycles. The summed E-state index contributed by atoms with van der Waals surface area (Å²) >= 11 is 5.69. The summed E-state index contributed by atoms with van der Waals surface area (Å²) in [6.07, 6.45) is -0.0646. The number of rotatable bonds is 4. The number of benzene rings is 2. The average Bonchev–Trinajstić information content (AvgIpc) is 2.42. The molecule has 0 saturated heterocycles. The average molecular weight is 292 g/mol. The van der Waals surface area contributed by atoms with E-state index in [9.17, 15) is 9.18 Å². The monoisotopic (exact) mass is 291 g/mol. The van der Waals surface area contributed by atoms with Gasteiger partial charge in [-0.2, -0.15) is 0 Å². The zero-order chi connectivity index (χ0) is 14.8. The summed E-state index contributed by atoms with van der Waals surface area (Å²) in [6.45, 7) is 1.64. The van der Waals surface area contributed by atoms with Gasteiger partial charge in [0.2, 0.25) is 0 Å². The molecule has 0 bridgehead atoms. The van der Waals surface area contributed by atoms with E-state index in [-0.39, 0.29) is 12.2 Å². The highest BCUT2D eigenvalue weighted by molar-refractivity contribution is 6.30. The molecule has 0 aromatic heterocycles. The fourth-order valence-electron chi connectivity index (χ4n) is 1.97. The van der Waals surface area contributed by atoms with Crippen molar-refractivity contribution in [3.8, 4) is 0 Å². The fraction of sp³-hybridized carbons (Fsp3) is 0.188. The smallest absolute Gasteiger partial charge is 0.161 e. The summed E-state index contributed by atoms with van der Waals surface area (Å²) in [7, 11) is 0. The van der Waals surface area contributed by atoms with Gasteiger partial charge in [-0.05, 0) is 30.2 Å². The van der Waals surface area contributed by atoms with E-state index < -0.39 is 11.4 Å². The lowest BCUT2D eigenvalue weighted by molar-refractivity contribution is -0.123. The predicted molar refractivity (Wildman–Crippen MR) is 78.1 cm³/mol. The van der Waals surface area contributed by atoms with Gasteiger partial charge in [-0.1, -0.05) is 48.0 Å². The van der Waals surface area contributed by atoms with Crippen LogP contribution < -0.4 is 5.73 Å². The summed E-state index contributed by atoms with van der Waals surface area (Å²) in [4.78, 5) is 12.3. The molecular weight excluding hydrogens is 277 g/mol. The van der Waals surface area contributed by atoms with Crippen LogP contribution in [0.15, 0.2) is 48.5 Å². The number of halogens is 2. The molecule has 20 heavy (non-hydrogen) atoms. The Balaban J connectivity index is 2.23. The van der Waals surface area contributed by atoms with E-state index in [1.807, 2.05) is 18.2 Å². The Morgan fingerprint density at radius 2 is 1.90 bits per heavy atom. The van der Waals surface area contributed by atoms with E-state index in [2.05, 4.69) is 0 Å². The number of hydrogen-bond donors (Lipinski definition) is 1. The first-order chi connectivity index (χ1) is 9.41. The number of ketones is 1. The number of nitrogens with two attached hydrogens (primary N) is 1. The third kappa shape index (κ3) is 3.06. The molecule has 0 fully saturated rings. The molecule has 1 atom stereocenters. The van der Waals surface area contributed by atoms with Gasteiger partial charge in [0.1, 0.15) is 5.82 Å². The van der Waals surface area contributed by atoms with Gasteiger partial charge in [0.25, 0.3) is 0 Å². The van der Waals surface area contributed by atoms with Crippen LogP contribution in [0, 0.1) is 5.82 Å². The number of carbonyl (C=O) groups is 1. The normalized spacial score (nSPS) is 13.8. The molecular formula is C16H15ClFNO. The fourth-order valence-corrected chi connectivity index (χ4v) is 2.13. The van der Waals surface area contributed by atoms with Gasteiger partial charge in [-0.15, -0.1) is 0 Å². The Kier molecular flexibility index (Phi) is 4.21. The minimum atomic E-state index is -1.15. The molecule has 104 valence electrons. The van der Waals surface area contributed by atoms with Crippen LogP contribution in [0.3, 0.4) is 0 Å². The second-order valence-electron chi connectivity index (χ2n) is 4.90. The zero-order valence-electron chi connectivity index (χ0n) is 11.1. The topological polar surface area (TPSA) is 43.1 Å². The highest BCUT2D eigenvalue weighted by atomic mass is 35.5. The predicted octanol–water partition coefficient (Wildman–Crippen LogP) is 3.46. The molecule has 4 heteroatoms. The van der Waals surface area contributed by atoms with Crippen LogP contribution >= 0.6 is 11.6 Å². The highest BCUT2D eigenvalue weighted by Crippen LogP contribution is 2.22. The molecule has 0 heterocycles. The molecule has 2 aromatic rings. The molecule has 2 N–H and O–H groups in total. The van der Waals surface area contributed by atoms with Gasteiger partial charge in [0.15, 0.2) is 5.78 Å². The Morgan fingerprint density at radius 1 is 1.25 bits per heavy atom. The van der Waals surface area contributed by atoms with Crippen LogP contribution in [0.2, 0.25) is 5.02 Å². The van der Waals surface area contributed by atoms with Crippen molar-refractivity contribution in [2.24, 2.45) is 5.73 Å². The number of hydrogen-bond acceptors (Lipinski definition) is 2. The van der Waals surface area contributed by atoms with Gasteiger partial charge in [0.05, 0.1) is 5.54 Å². The van der Waals surface area contributed by atoms with E-state index in [0.717, 1.165) is 0 Å². The van der Waals surface area contributed by atoms with Crippen molar-refractivity contribution < 1.29 is 9.18 Å². The quantitative estimate of drug-likeness (QED) is 0.937. The standard InChI is InChI=1S/C16H15ClFNO/c1-16(19,12-5-3-2-4-6-12)15(20)9-11-7-8-13(17)10-14(11)18/h2-8,10H,9,19H2,1H3. The zero-order valence-corrected chi connectivity index (χ0v) is 11.8. The largest absolute Gasteiger partial charge is 0.315 e. The van der Waals surface area contributed by atoms with Crippen molar-refractivity contribution in [3.05, 3.63) is 70.5 Å². The van der Waals surface area contributed by atoms with E-state index in [4.69, 9.17) is 17.3 Å². The van der Waals surface area contributed by atoms with E-state index in [0.29, 0.717) is 16.1 Å². The summed E-state index contributed by atoms with van der Waals surface area (Å²) in [5.74, 6) is -0.736. The molecule has 2 aromatic carbocycles. The van der Waals surface area contributed by atoms with Gasteiger partial charge in [-0.3, -0.25) is 4.79 Å². The van der Waals surface area contributed by atoms with Crippen molar-refractivity contribution >= 4 is 17.4 Å². The Labute approximate surface area is 122 Å². The van der Waals surface area contributed by atoms with Crippen molar-refractivity contribution in [3.63, 3.8) is 0 Å². The van der Waals surface area contributed by atoms with Crippen LogP contribution in [0.5, 0.6) is 0 Å². The number of Topliss-reactive ketones (excluding diaryl/α,β-unsaturated/α-hetero) is 1. The molecule has 0 saturated carbocycles. The first kappa shape index (κ1) is 14.7. The molecule has 0 spiro atoms. The first-order valence-corrected chi connectivity index (χ1v) is 6.60. The van der Waals surface area contributed by atoms with Crippen molar-refractivity contribution in [1.82, 2.24) is 0 Å². The van der Waals surface area contributed by atoms with Gasteiger partial charge in [0, 0.05) is 11.4 Å². The minimum absolute atomic E-state index is 0.0646. The van der Waals surface area contributed by atoms with Crippen molar-refractivity contribution in [1.29, 1.82) is 0 Å². The van der Waals surface area contributed by atoms with Gasteiger partial charge in [-0.25, -0.2) is 4.39 Å². The Morgan fingerprint density at radius 3 is 2.50 bits per heavy atom. The van der Waals surface area contributed by atoms with Crippen LogP contribution in [-0.2, 0) is 16.8 Å². The summed E-state index contributed by atoms with van der Waals surface area (Å²) in [5, 5.41) is 0.303. The molecule has 2 rings (SSSR count). The Hall–Kier alpha value is -1.71. The molecule has 0 aliphatic rings. The maximum absolute atomic E-state index is 13.7. The van der Waals surface area contributed by atoms with Crippen molar-refractivity contribution in [2.75, 3.05) is 0 Å². The van der Waals surface area contributed by atoms with Crippen LogP contribution in [0.1, 0.15) is 18.1 Å². The summed E-state index contributed by atoms with van der Waals surface area (Å²) < 4.78 is 13.7. The second-order valence-corrected chi connectivity index (χ2v) is 5.34.